The molecule has 0 fully saturated rings. The second-order valence-corrected chi connectivity index (χ2v) is 9.37. The lowest BCUT2D eigenvalue weighted by Gasteiger charge is -2.24. The van der Waals surface area contributed by atoms with Crippen LogP contribution in [0, 0.1) is 13.8 Å². The molecule has 0 spiro atoms. The highest BCUT2D eigenvalue weighted by Gasteiger charge is 2.25. The van der Waals surface area contributed by atoms with Crippen molar-refractivity contribution < 1.29 is 13.2 Å². The zero-order valence-corrected chi connectivity index (χ0v) is 18.2. The molecule has 0 aromatic heterocycles. The Morgan fingerprint density at radius 1 is 0.966 bits per heavy atom. The standard InChI is InChI=1S/C23H26N2O3S/c1-6-25(21-13-9-11-18-10-7-8-12-20(18)21)23(26)19-14-16(2)17(3)22(15-19)29(27,28)24(4)5/h7-15H,6H2,1-5H3. The molecule has 0 aliphatic rings. The lowest BCUT2D eigenvalue weighted by molar-refractivity contribution is 0.0988. The summed E-state index contributed by atoms with van der Waals surface area (Å²) >= 11 is 0. The number of carbonyl (C=O) groups is 1. The van der Waals surface area contributed by atoms with E-state index in [0.717, 1.165) is 22.0 Å². The van der Waals surface area contributed by atoms with Crippen LogP contribution in [0.4, 0.5) is 5.69 Å². The smallest absolute Gasteiger partial charge is 0.258 e. The number of fused-ring (bicyclic) bond motifs is 1. The Kier molecular flexibility index (Phi) is 5.78. The fourth-order valence-electron chi connectivity index (χ4n) is 3.44. The van der Waals surface area contributed by atoms with Crippen molar-refractivity contribution in [3.05, 3.63) is 71.3 Å². The van der Waals surface area contributed by atoms with E-state index in [1.54, 1.807) is 17.9 Å². The van der Waals surface area contributed by atoms with Crippen molar-refractivity contribution >= 4 is 32.4 Å². The molecule has 29 heavy (non-hydrogen) atoms. The molecule has 0 saturated carbocycles. The van der Waals surface area contributed by atoms with E-state index in [4.69, 9.17) is 0 Å². The van der Waals surface area contributed by atoms with Gasteiger partial charge in [-0.05, 0) is 55.5 Å². The topological polar surface area (TPSA) is 57.7 Å². The van der Waals surface area contributed by atoms with Gasteiger partial charge < -0.3 is 4.90 Å². The summed E-state index contributed by atoms with van der Waals surface area (Å²) < 4.78 is 26.7. The predicted molar refractivity (Wildman–Crippen MR) is 118 cm³/mol. The molecule has 0 aliphatic carbocycles. The van der Waals surface area contributed by atoms with Crippen LogP contribution < -0.4 is 4.90 Å². The Morgan fingerprint density at radius 3 is 2.28 bits per heavy atom. The van der Waals surface area contributed by atoms with Gasteiger partial charge in [-0.3, -0.25) is 4.79 Å². The van der Waals surface area contributed by atoms with Gasteiger partial charge in [0.05, 0.1) is 10.6 Å². The molecule has 152 valence electrons. The first kappa shape index (κ1) is 21.0. The molecular weight excluding hydrogens is 384 g/mol. The summed E-state index contributed by atoms with van der Waals surface area (Å²) in [6, 6.07) is 17.0. The molecular formula is C23H26N2O3S. The van der Waals surface area contributed by atoms with Gasteiger partial charge in [0.2, 0.25) is 10.0 Å². The minimum atomic E-state index is -3.66. The van der Waals surface area contributed by atoms with E-state index >= 15 is 0 Å². The molecule has 0 saturated heterocycles. The molecule has 1 amide bonds. The van der Waals surface area contributed by atoms with E-state index < -0.39 is 10.0 Å². The maximum atomic E-state index is 13.5. The van der Waals surface area contributed by atoms with Crippen molar-refractivity contribution in [3.8, 4) is 0 Å². The third kappa shape index (κ3) is 3.78. The Morgan fingerprint density at radius 2 is 1.62 bits per heavy atom. The molecule has 0 N–H and O–H groups in total. The fourth-order valence-corrected chi connectivity index (χ4v) is 4.66. The van der Waals surface area contributed by atoms with Crippen molar-refractivity contribution in [3.63, 3.8) is 0 Å². The van der Waals surface area contributed by atoms with Crippen LogP contribution >= 0.6 is 0 Å². The van der Waals surface area contributed by atoms with Gasteiger partial charge in [-0.25, -0.2) is 12.7 Å². The van der Waals surface area contributed by atoms with E-state index in [-0.39, 0.29) is 10.8 Å². The molecule has 5 nitrogen and oxygen atoms in total. The van der Waals surface area contributed by atoms with Gasteiger partial charge in [0, 0.05) is 31.6 Å². The molecule has 3 aromatic rings. The minimum Gasteiger partial charge on any atom is -0.308 e. The number of anilines is 1. The summed E-state index contributed by atoms with van der Waals surface area (Å²) in [7, 11) is -0.669. The summed E-state index contributed by atoms with van der Waals surface area (Å²) in [5.74, 6) is -0.220. The van der Waals surface area contributed by atoms with E-state index in [0.29, 0.717) is 17.7 Å². The zero-order chi connectivity index (χ0) is 21.3. The normalized spacial score (nSPS) is 11.8. The first-order chi connectivity index (χ1) is 13.7. The molecule has 6 heteroatoms. The van der Waals surface area contributed by atoms with Crippen molar-refractivity contribution in [1.29, 1.82) is 0 Å². The van der Waals surface area contributed by atoms with Gasteiger partial charge >= 0.3 is 0 Å². The molecule has 3 aromatic carbocycles. The largest absolute Gasteiger partial charge is 0.308 e. The van der Waals surface area contributed by atoms with Crippen molar-refractivity contribution in [2.75, 3.05) is 25.5 Å². The monoisotopic (exact) mass is 410 g/mol. The van der Waals surface area contributed by atoms with E-state index in [1.807, 2.05) is 56.3 Å². The first-order valence-electron chi connectivity index (χ1n) is 9.52. The summed E-state index contributed by atoms with van der Waals surface area (Å²) in [6.07, 6.45) is 0. The summed E-state index contributed by atoms with van der Waals surface area (Å²) in [4.78, 5) is 15.3. The number of sulfonamides is 1. The maximum Gasteiger partial charge on any atom is 0.258 e. The molecule has 0 atom stereocenters. The second kappa shape index (κ2) is 7.97. The van der Waals surface area contributed by atoms with Crippen LogP contribution in [0.15, 0.2) is 59.5 Å². The van der Waals surface area contributed by atoms with Gasteiger partial charge in [-0.1, -0.05) is 36.4 Å². The Balaban J connectivity index is 2.15. The van der Waals surface area contributed by atoms with Gasteiger partial charge in [0.15, 0.2) is 0 Å². The lowest BCUT2D eigenvalue weighted by atomic mass is 10.0. The fraction of sp³-hybridized carbons (Fsp3) is 0.261. The Hall–Kier alpha value is -2.70. The van der Waals surface area contributed by atoms with Crippen molar-refractivity contribution in [2.45, 2.75) is 25.7 Å². The summed E-state index contributed by atoms with van der Waals surface area (Å²) in [5, 5.41) is 2.03. The van der Waals surface area contributed by atoms with Crippen LogP contribution in [0.3, 0.4) is 0 Å². The number of rotatable bonds is 5. The van der Waals surface area contributed by atoms with Crippen molar-refractivity contribution in [1.82, 2.24) is 4.31 Å². The number of aryl methyl sites for hydroxylation is 1. The highest BCUT2D eigenvalue weighted by atomic mass is 32.2. The molecule has 0 heterocycles. The van der Waals surface area contributed by atoms with E-state index in [9.17, 15) is 13.2 Å². The van der Waals surface area contributed by atoms with Crippen LogP contribution in [-0.4, -0.2) is 39.3 Å². The molecule has 3 rings (SSSR count). The minimum absolute atomic E-state index is 0.167. The highest BCUT2D eigenvalue weighted by molar-refractivity contribution is 7.89. The zero-order valence-electron chi connectivity index (χ0n) is 17.4. The number of hydrogen-bond donors (Lipinski definition) is 0. The molecule has 0 aliphatic heterocycles. The molecule has 0 unspecified atom stereocenters. The average Bonchev–Trinajstić information content (AvgIpc) is 2.70. The highest BCUT2D eigenvalue weighted by Crippen LogP contribution is 2.29. The number of benzene rings is 3. The second-order valence-electron chi connectivity index (χ2n) is 7.25. The number of amides is 1. The Bertz CT molecular complexity index is 1180. The number of carbonyl (C=O) groups excluding carboxylic acids is 1. The molecule has 0 bridgehead atoms. The van der Waals surface area contributed by atoms with Crippen LogP contribution in [-0.2, 0) is 10.0 Å². The van der Waals surface area contributed by atoms with Gasteiger partial charge in [-0.2, -0.15) is 0 Å². The Labute approximate surface area is 172 Å². The van der Waals surface area contributed by atoms with Gasteiger partial charge in [0.1, 0.15) is 0 Å². The van der Waals surface area contributed by atoms with E-state index in [1.165, 1.54) is 24.5 Å². The lowest BCUT2D eigenvalue weighted by Crippen LogP contribution is -2.31. The third-order valence-electron chi connectivity index (χ3n) is 5.24. The van der Waals surface area contributed by atoms with E-state index in [2.05, 4.69) is 0 Å². The van der Waals surface area contributed by atoms with Crippen LogP contribution in [0.25, 0.3) is 10.8 Å². The summed E-state index contributed by atoms with van der Waals surface area (Å²) in [6.45, 7) is 5.98. The van der Waals surface area contributed by atoms with Gasteiger partial charge in [0.25, 0.3) is 5.91 Å². The van der Waals surface area contributed by atoms with Crippen molar-refractivity contribution in [2.24, 2.45) is 0 Å². The maximum absolute atomic E-state index is 13.5. The first-order valence-corrected chi connectivity index (χ1v) is 11.0. The number of hydrogen-bond acceptors (Lipinski definition) is 3. The predicted octanol–water partition coefficient (Wildman–Crippen LogP) is 4.37. The quantitative estimate of drug-likeness (QED) is 0.627. The van der Waals surface area contributed by atoms with Crippen LogP contribution in [0.2, 0.25) is 0 Å². The van der Waals surface area contributed by atoms with Crippen LogP contribution in [0.5, 0.6) is 0 Å². The molecule has 0 radical (unpaired) electrons. The number of nitrogens with zero attached hydrogens (tertiary/aromatic N) is 2. The average molecular weight is 411 g/mol. The third-order valence-corrected chi connectivity index (χ3v) is 7.19. The van der Waals surface area contributed by atoms with Gasteiger partial charge in [-0.15, -0.1) is 0 Å². The summed E-state index contributed by atoms with van der Waals surface area (Å²) in [5.41, 5.74) is 2.60. The SMILES string of the molecule is CCN(C(=O)c1cc(C)c(C)c(S(=O)(=O)N(C)C)c1)c1cccc2ccccc12. The van der Waals surface area contributed by atoms with Crippen LogP contribution in [0.1, 0.15) is 28.4 Å².